The molecule has 0 heterocycles. The molecule has 0 aliphatic carbocycles. The second-order valence-corrected chi connectivity index (χ2v) is 6.66. The van der Waals surface area contributed by atoms with Crippen molar-refractivity contribution in [2.45, 2.75) is 4.90 Å². The Balaban J connectivity index is 2.60. The van der Waals surface area contributed by atoms with E-state index in [2.05, 4.69) is 5.92 Å². The first kappa shape index (κ1) is 17.0. The van der Waals surface area contributed by atoms with Gasteiger partial charge < -0.3 is 0 Å². The van der Waals surface area contributed by atoms with E-state index in [-0.39, 0.29) is 11.3 Å². The maximum atomic E-state index is 12.7. The molecule has 0 aromatic heterocycles. The second kappa shape index (κ2) is 6.41. The Morgan fingerprint density at radius 3 is 2.50 bits per heavy atom. The Labute approximate surface area is 139 Å². The van der Waals surface area contributed by atoms with Crippen LogP contribution in [0.25, 0.3) is 0 Å². The van der Waals surface area contributed by atoms with E-state index in [1.165, 1.54) is 25.2 Å². The Hall–Kier alpha value is -3.36. The molecule has 120 valence electrons. The molecule has 8 heteroatoms. The Morgan fingerprint density at radius 1 is 1.21 bits per heavy atom. The van der Waals surface area contributed by atoms with Crippen LogP contribution in [0.15, 0.2) is 47.4 Å². The van der Waals surface area contributed by atoms with Crippen LogP contribution in [0.2, 0.25) is 0 Å². The van der Waals surface area contributed by atoms with E-state index < -0.39 is 25.5 Å². The van der Waals surface area contributed by atoms with E-state index in [4.69, 9.17) is 11.7 Å². The first-order valence-corrected chi connectivity index (χ1v) is 7.99. The van der Waals surface area contributed by atoms with Crippen molar-refractivity contribution >= 4 is 21.4 Å². The molecule has 0 aliphatic rings. The van der Waals surface area contributed by atoms with Gasteiger partial charge in [0.1, 0.15) is 0 Å². The van der Waals surface area contributed by atoms with Gasteiger partial charge in [0, 0.05) is 18.7 Å². The van der Waals surface area contributed by atoms with Crippen molar-refractivity contribution in [3.05, 3.63) is 63.7 Å². The Morgan fingerprint density at radius 2 is 1.92 bits per heavy atom. The molecule has 2 aromatic carbocycles. The third kappa shape index (κ3) is 3.05. The molecule has 0 saturated heterocycles. The fourth-order valence-electron chi connectivity index (χ4n) is 2.03. The summed E-state index contributed by atoms with van der Waals surface area (Å²) in [4.78, 5) is 9.85. The zero-order chi connectivity index (χ0) is 17.9. The minimum Gasteiger partial charge on any atom is -0.269 e. The van der Waals surface area contributed by atoms with Gasteiger partial charge in [0.25, 0.3) is 15.7 Å². The van der Waals surface area contributed by atoms with Crippen molar-refractivity contribution < 1.29 is 13.3 Å². The van der Waals surface area contributed by atoms with E-state index in [0.717, 1.165) is 16.4 Å². The van der Waals surface area contributed by atoms with E-state index in [0.29, 0.717) is 5.56 Å². The summed E-state index contributed by atoms with van der Waals surface area (Å²) in [5.74, 6) is 2.39. The molecule has 0 aliphatic heterocycles. The molecular formula is C16H11N3O4S. The summed E-state index contributed by atoms with van der Waals surface area (Å²) in [5.41, 5.74) is 0.0830. The SMILES string of the molecule is C#Cc1cccc(N(C)S(=O)(=O)c2ccc(C#N)cc2[N+](=O)[O-])c1. The molecule has 2 rings (SSSR count). The number of rotatable bonds is 4. The summed E-state index contributed by atoms with van der Waals surface area (Å²) in [6.07, 6.45) is 5.30. The maximum Gasteiger partial charge on any atom is 0.291 e. The molecular weight excluding hydrogens is 330 g/mol. The quantitative estimate of drug-likeness (QED) is 0.482. The summed E-state index contributed by atoms with van der Waals surface area (Å²) in [6, 6.07) is 11.2. The van der Waals surface area contributed by atoms with Crippen molar-refractivity contribution in [2.75, 3.05) is 11.4 Å². The van der Waals surface area contributed by atoms with Crippen molar-refractivity contribution in [2.24, 2.45) is 0 Å². The van der Waals surface area contributed by atoms with Crippen LogP contribution in [-0.2, 0) is 10.0 Å². The lowest BCUT2D eigenvalue weighted by molar-refractivity contribution is -0.387. The topological polar surface area (TPSA) is 104 Å². The van der Waals surface area contributed by atoms with Gasteiger partial charge in [-0.05, 0) is 30.3 Å². The van der Waals surface area contributed by atoms with Gasteiger partial charge in [-0.1, -0.05) is 12.0 Å². The zero-order valence-corrected chi connectivity index (χ0v) is 13.3. The highest BCUT2D eigenvalue weighted by Crippen LogP contribution is 2.30. The lowest BCUT2D eigenvalue weighted by atomic mass is 10.2. The molecule has 24 heavy (non-hydrogen) atoms. The number of nitro benzene ring substituents is 1. The highest BCUT2D eigenvalue weighted by molar-refractivity contribution is 7.93. The van der Waals surface area contributed by atoms with Crippen molar-refractivity contribution in [3.63, 3.8) is 0 Å². The molecule has 0 spiro atoms. The van der Waals surface area contributed by atoms with Gasteiger partial charge in [0.2, 0.25) is 0 Å². The van der Waals surface area contributed by atoms with Gasteiger partial charge >= 0.3 is 0 Å². The first-order chi connectivity index (χ1) is 11.3. The standard InChI is InChI=1S/C16H11N3O4S/c1-3-12-5-4-6-14(9-12)18(2)24(22,23)16-8-7-13(11-17)10-15(16)19(20)21/h1,4-10H,2H3. The lowest BCUT2D eigenvalue weighted by Gasteiger charge is -2.19. The van der Waals surface area contributed by atoms with Gasteiger partial charge in [-0.15, -0.1) is 6.42 Å². The fraction of sp³-hybridized carbons (Fsp3) is 0.0625. The van der Waals surface area contributed by atoms with Crippen LogP contribution in [0.1, 0.15) is 11.1 Å². The molecule has 0 N–H and O–H groups in total. The van der Waals surface area contributed by atoms with Crippen LogP contribution in [-0.4, -0.2) is 20.4 Å². The van der Waals surface area contributed by atoms with Gasteiger partial charge in [-0.3, -0.25) is 14.4 Å². The molecule has 0 radical (unpaired) electrons. The van der Waals surface area contributed by atoms with Crippen LogP contribution in [0.5, 0.6) is 0 Å². The third-order valence-corrected chi connectivity index (χ3v) is 5.13. The molecule has 0 bridgehead atoms. The van der Waals surface area contributed by atoms with Gasteiger partial charge in [0.15, 0.2) is 4.90 Å². The summed E-state index contributed by atoms with van der Waals surface area (Å²) < 4.78 is 26.4. The third-order valence-electron chi connectivity index (χ3n) is 3.30. The lowest BCUT2D eigenvalue weighted by Crippen LogP contribution is -2.27. The number of hydrogen-bond acceptors (Lipinski definition) is 5. The second-order valence-electron chi connectivity index (χ2n) is 4.72. The summed E-state index contributed by atoms with van der Waals surface area (Å²) in [5, 5.41) is 20.0. The smallest absolute Gasteiger partial charge is 0.269 e. The monoisotopic (exact) mass is 341 g/mol. The number of benzene rings is 2. The largest absolute Gasteiger partial charge is 0.291 e. The van der Waals surface area contributed by atoms with E-state index in [9.17, 15) is 18.5 Å². The number of hydrogen-bond donors (Lipinski definition) is 0. The molecule has 2 aromatic rings. The number of anilines is 1. The van der Waals surface area contributed by atoms with Crippen LogP contribution >= 0.6 is 0 Å². The number of nitrogens with zero attached hydrogens (tertiary/aromatic N) is 3. The number of sulfonamides is 1. The van der Waals surface area contributed by atoms with E-state index >= 15 is 0 Å². The molecule has 7 nitrogen and oxygen atoms in total. The molecule has 0 atom stereocenters. The van der Waals surface area contributed by atoms with Gasteiger partial charge in [0.05, 0.1) is 22.2 Å². The molecule has 0 amide bonds. The summed E-state index contributed by atoms with van der Waals surface area (Å²) >= 11 is 0. The van der Waals surface area contributed by atoms with E-state index in [1.54, 1.807) is 18.2 Å². The zero-order valence-electron chi connectivity index (χ0n) is 12.5. The van der Waals surface area contributed by atoms with Gasteiger partial charge in [-0.2, -0.15) is 5.26 Å². The summed E-state index contributed by atoms with van der Waals surface area (Å²) in [7, 11) is -2.93. The highest BCUT2D eigenvalue weighted by Gasteiger charge is 2.30. The van der Waals surface area contributed by atoms with Gasteiger partial charge in [-0.25, -0.2) is 8.42 Å². The fourth-order valence-corrected chi connectivity index (χ4v) is 3.35. The minimum absolute atomic E-state index is 0.00219. The Kier molecular flexibility index (Phi) is 4.54. The number of nitro groups is 1. The normalized spacial score (nSPS) is 10.5. The first-order valence-electron chi connectivity index (χ1n) is 6.55. The van der Waals surface area contributed by atoms with Crippen LogP contribution in [0, 0.1) is 33.8 Å². The van der Waals surface area contributed by atoms with Crippen molar-refractivity contribution in [1.82, 2.24) is 0 Å². The average molecular weight is 341 g/mol. The van der Waals surface area contributed by atoms with E-state index in [1.807, 2.05) is 0 Å². The number of terminal acetylenes is 1. The minimum atomic E-state index is -4.20. The van der Waals surface area contributed by atoms with Crippen molar-refractivity contribution in [1.29, 1.82) is 5.26 Å². The van der Waals surface area contributed by atoms with Crippen LogP contribution in [0.3, 0.4) is 0 Å². The molecule has 0 fully saturated rings. The van der Waals surface area contributed by atoms with Crippen LogP contribution < -0.4 is 4.31 Å². The highest BCUT2D eigenvalue weighted by atomic mass is 32.2. The molecule has 0 unspecified atom stereocenters. The predicted molar refractivity (Wildman–Crippen MR) is 87.8 cm³/mol. The Bertz CT molecular complexity index is 1000. The number of nitriles is 1. The predicted octanol–water partition coefficient (Wildman–Crippen LogP) is 2.27. The molecule has 0 saturated carbocycles. The maximum absolute atomic E-state index is 12.7. The van der Waals surface area contributed by atoms with Crippen molar-refractivity contribution in [3.8, 4) is 18.4 Å². The average Bonchev–Trinajstić information content (AvgIpc) is 2.60. The summed E-state index contributed by atoms with van der Waals surface area (Å²) in [6.45, 7) is 0. The van der Waals surface area contributed by atoms with Crippen LogP contribution in [0.4, 0.5) is 11.4 Å².